The second kappa shape index (κ2) is 104. The Morgan fingerprint density at radius 3 is 0.220 bits per heavy atom. The molecule has 0 aliphatic heterocycles. The van der Waals surface area contributed by atoms with Crippen LogP contribution in [0.1, 0.15) is 0 Å². The molecule has 8 N–H and O–H groups in total. The molecule has 41 heavy (non-hydrogen) atoms. The molecule has 0 aromatic carbocycles. The van der Waals surface area contributed by atoms with E-state index >= 15 is 0 Å². The summed E-state index contributed by atoms with van der Waals surface area (Å²) in [6.45, 7) is 0. The zero-order chi connectivity index (χ0) is 28.6. The van der Waals surface area contributed by atoms with Crippen molar-refractivity contribution in [2.24, 2.45) is 0 Å². The summed E-state index contributed by atoms with van der Waals surface area (Å²) in [7, 11) is 0. The summed E-state index contributed by atoms with van der Waals surface area (Å²) in [5.74, 6) is 0. The molecule has 0 heterocycles. The molecule has 210 valence electrons. The first-order valence-electron chi connectivity index (χ1n) is 4.52. The van der Waals surface area contributed by atoms with E-state index in [2.05, 4.69) is 0 Å². The summed E-state index contributed by atoms with van der Waals surface area (Å²) in [6, 6.07) is 0. The Hall–Kier alpha value is 2.60. The van der Waals surface area contributed by atoms with Gasteiger partial charge < -0.3 is 41.7 Å². The van der Waals surface area contributed by atoms with Crippen molar-refractivity contribution in [3.63, 3.8) is 0 Å². The quantitative estimate of drug-likeness (QED) is 0.0654. The number of hydrogen-bond acceptors (Lipinski definition) is 16. The van der Waals surface area contributed by atoms with E-state index in [-0.39, 0.29) is 266 Å². The number of nitrogens with zero attached hydrogens (tertiary/aromatic N) is 8. The molecule has 32 nitrogen and oxygen atoms in total. The van der Waals surface area contributed by atoms with Crippen LogP contribution in [-0.4, -0.2) is 348 Å². The average Bonchev–Trinajstić information content (AvgIpc) is 2.30. The van der Waals surface area contributed by atoms with E-state index in [1.165, 1.54) is 0 Å². The van der Waals surface area contributed by atoms with Crippen molar-refractivity contribution in [1.82, 2.24) is 0 Å². The van der Waals surface area contributed by atoms with Crippen molar-refractivity contribution in [3.8, 4) is 0 Å². The van der Waals surface area contributed by atoms with Gasteiger partial charge in [-0.3, -0.25) is 0 Å². The molecule has 0 spiro atoms. The molecule has 41 heteroatoms. The second-order valence-corrected chi connectivity index (χ2v) is 1.90. The number of rotatable bonds is 0. The van der Waals surface area contributed by atoms with Gasteiger partial charge in [-0.1, -0.05) is 0 Å². The molecular formula is H17N8Na9O24. The summed E-state index contributed by atoms with van der Waals surface area (Å²) in [5, 5.41) is 109. The van der Waals surface area contributed by atoms with E-state index in [1.807, 2.05) is 0 Å². The molecule has 0 amide bonds. The molecule has 0 rings (SSSR count). The van der Waals surface area contributed by atoms with Crippen LogP contribution in [0.5, 0.6) is 0 Å². The van der Waals surface area contributed by atoms with Gasteiger partial charge in [0.2, 0.25) is 0 Å². The molecule has 0 radical (unpaired) electrons. The average molecular weight is 720 g/mol. The van der Waals surface area contributed by atoms with E-state index in [0.717, 1.165) is 0 Å². The SMILES string of the molecule is O=[N+]([O-])O.O=[N+]([O-])O.O=[N+]([O-])O.O=[N+]([O-])O.O=[N+]([O-])O.O=[N+]([O-])O.O=[N+]([O-])O.O=[N+]([O-])O.[NaH].[NaH].[NaH].[NaH].[NaH].[NaH].[NaH].[NaH].[NaH]. The molecule has 0 saturated carbocycles. The maximum absolute atomic E-state index is 8.36. The molecule has 0 atom stereocenters. The van der Waals surface area contributed by atoms with Gasteiger partial charge in [0, 0.05) is 0 Å². The van der Waals surface area contributed by atoms with Gasteiger partial charge in [-0.2, -0.15) is 0 Å². The summed E-state index contributed by atoms with van der Waals surface area (Å²) < 4.78 is 0. The van der Waals surface area contributed by atoms with E-state index in [9.17, 15) is 0 Å². The first-order valence-corrected chi connectivity index (χ1v) is 4.52. The van der Waals surface area contributed by atoms with Crippen molar-refractivity contribution in [3.05, 3.63) is 80.9 Å². The summed E-state index contributed by atoms with van der Waals surface area (Å²) >= 11 is 0. The molecule has 0 aliphatic carbocycles. The van der Waals surface area contributed by atoms with Crippen molar-refractivity contribution in [2.75, 3.05) is 0 Å². The summed E-state index contributed by atoms with van der Waals surface area (Å²) in [6.07, 6.45) is 0. The standard InChI is InChI=1S/8HNO3.9Na.9H/c8*2-1(3)4;;;;;;;;;;;;;;;;;;/h8*(H,2,3,4);;;;;;;;;;;;;;;;;;. The first-order chi connectivity index (χ1) is 13.9. The molecule has 0 bridgehead atoms. The van der Waals surface area contributed by atoms with Crippen molar-refractivity contribution >= 4 is 266 Å². The van der Waals surface area contributed by atoms with Crippen LogP contribution < -0.4 is 0 Å². The predicted octanol–water partition coefficient (Wildman–Crippen LogP) is -8.62. The van der Waals surface area contributed by atoms with Gasteiger partial charge in [0.1, 0.15) is 0 Å². The minimum absolute atomic E-state index is 0. The van der Waals surface area contributed by atoms with Crippen LogP contribution in [0.4, 0.5) is 0 Å². The maximum atomic E-state index is 8.36. The third-order valence-electron chi connectivity index (χ3n) is 0. The normalized spacial score (nSPS) is 4.68. The Labute approximate surface area is 420 Å². The number of hydrogen-bond donors (Lipinski definition) is 8. The van der Waals surface area contributed by atoms with Crippen molar-refractivity contribution in [1.29, 1.82) is 0 Å². The molecule has 0 fully saturated rings. The zero-order valence-corrected chi connectivity index (χ0v) is 13.7. The van der Waals surface area contributed by atoms with E-state index < -0.39 is 40.7 Å². The topological polar surface area (TPSA) is 507 Å². The van der Waals surface area contributed by atoms with E-state index in [1.54, 1.807) is 0 Å². The fourth-order valence-electron chi connectivity index (χ4n) is 0. The minimum atomic E-state index is -1.50. The van der Waals surface area contributed by atoms with Crippen LogP contribution in [0.25, 0.3) is 0 Å². The summed E-state index contributed by atoms with van der Waals surface area (Å²) in [4.78, 5) is 66.9. The Balaban J connectivity index is -0.0000000104. The van der Waals surface area contributed by atoms with Crippen LogP contribution in [0.15, 0.2) is 0 Å². The fraction of sp³-hybridized carbons (Fsp3) is 0. The molecule has 0 unspecified atom stereocenters. The molecule has 0 aliphatic rings. The monoisotopic (exact) mass is 720 g/mol. The molecular weight excluding hydrogens is 703 g/mol. The fourth-order valence-corrected chi connectivity index (χ4v) is 0. The van der Waals surface area contributed by atoms with Crippen LogP contribution >= 0.6 is 0 Å². The van der Waals surface area contributed by atoms with Crippen LogP contribution in [-0.2, 0) is 0 Å². The molecule has 0 saturated heterocycles. The third-order valence-corrected chi connectivity index (χ3v) is 0. The van der Waals surface area contributed by atoms with Crippen molar-refractivity contribution < 1.29 is 82.4 Å². The van der Waals surface area contributed by atoms with Gasteiger partial charge in [0.05, 0.1) is 0 Å². The third kappa shape index (κ3) is 10400. The van der Waals surface area contributed by atoms with E-state index in [0.29, 0.717) is 0 Å². The first kappa shape index (κ1) is 112. The van der Waals surface area contributed by atoms with Gasteiger partial charge in [-0.15, -0.1) is 80.9 Å². The van der Waals surface area contributed by atoms with Gasteiger partial charge >= 0.3 is 266 Å². The summed E-state index contributed by atoms with van der Waals surface area (Å²) in [5.41, 5.74) is 0. The van der Waals surface area contributed by atoms with Crippen molar-refractivity contribution in [2.45, 2.75) is 0 Å². The predicted molar refractivity (Wildman–Crippen MR) is 135 cm³/mol. The molecule has 0 aromatic heterocycles. The van der Waals surface area contributed by atoms with Crippen LogP contribution in [0.2, 0.25) is 0 Å². The van der Waals surface area contributed by atoms with E-state index in [4.69, 9.17) is 123 Å². The van der Waals surface area contributed by atoms with Crippen LogP contribution in [0, 0.1) is 80.9 Å². The molecule has 0 aromatic rings. The Morgan fingerprint density at radius 2 is 0.220 bits per heavy atom. The Kier molecular flexibility index (Phi) is 284. The van der Waals surface area contributed by atoms with Gasteiger partial charge in [0.25, 0.3) is 40.7 Å². The Bertz CT molecular complexity index is 385. The Morgan fingerprint density at radius 1 is 0.220 bits per heavy atom. The second-order valence-electron chi connectivity index (χ2n) is 1.90. The van der Waals surface area contributed by atoms with Gasteiger partial charge in [0.15, 0.2) is 0 Å². The van der Waals surface area contributed by atoms with Gasteiger partial charge in [-0.25, -0.2) is 0 Å². The van der Waals surface area contributed by atoms with Gasteiger partial charge in [-0.05, 0) is 0 Å². The van der Waals surface area contributed by atoms with Crippen LogP contribution in [0.3, 0.4) is 0 Å². The zero-order valence-electron chi connectivity index (χ0n) is 13.7.